The zero-order valence-electron chi connectivity index (χ0n) is 12.7. The van der Waals surface area contributed by atoms with Crippen LogP contribution in [0, 0.1) is 0 Å². The first kappa shape index (κ1) is 18.5. The quantitative estimate of drug-likeness (QED) is 0.501. The third-order valence-corrected chi connectivity index (χ3v) is 8.24. The minimum absolute atomic E-state index is 0.117. The molecule has 0 spiro atoms. The van der Waals surface area contributed by atoms with Gasteiger partial charge in [0.05, 0.1) is 17.7 Å². The van der Waals surface area contributed by atoms with E-state index in [1.54, 1.807) is 0 Å². The lowest BCUT2D eigenvalue weighted by Gasteiger charge is -2.24. The normalized spacial score (nSPS) is 34.8. The van der Waals surface area contributed by atoms with Gasteiger partial charge in [0.25, 0.3) is 5.91 Å². The number of carbonyl (C=O) groups excluding carboxylic acids is 2. The Morgan fingerprint density at radius 2 is 2.04 bits per heavy atom. The summed E-state index contributed by atoms with van der Waals surface area (Å²) in [5, 5.41) is 1.22. The highest BCUT2D eigenvalue weighted by molar-refractivity contribution is 8.03. The fourth-order valence-electron chi connectivity index (χ4n) is 3.24. The minimum atomic E-state index is -4.83. The molecule has 0 aromatic rings. The van der Waals surface area contributed by atoms with E-state index >= 15 is 0 Å². The van der Waals surface area contributed by atoms with Crippen molar-refractivity contribution >= 4 is 33.7 Å². The van der Waals surface area contributed by atoms with Crippen LogP contribution in [0.2, 0.25) is 0 Å². The zero-order valence-corrected chi connectivity index (χ0v) is 14.3. The first-order chi connectivity index (χ1) is 11.5. The molecule has 2 bridgehead atoms. The third kappa shape index (κ3) is 3.38. The second-order valence-electron chi connectivity index (χ2n) is 6.04. The Balaban J connectivity index is 1.47. The predicted octanol–water partition coefficient (Wildman–Crippen LogP) is 0.0809. The predicted molar refractivity (Wildman–Crippen MR) is 82.1 cm³/mol. The molecule has 3 aliphatic rings. The van der Waals surface area contributed by atoms with E-state index in [1.165, 1.54) is 11.8 Å². The smallest absolute Gasteiger partial charge is 0.421 e. The van der Waals surface area contributed by atoms with Crippen molar-refractivity contribution < 1.29 is 35.9 Å². The maximum absolute atomic E-state index is 12.3. The highest BCUT2D eigenvalue weighted by atomic mass is 32.2. The Bertz CT molecular complexity index is 724. The third-order valence-electron chi connectivity index (χ3n) is 4.43. The van der Waals surface area contributed by atoms with Crippen LogP contribution in [0.3, 0.4) is 0 Å². The average molecular weight is 400 g/mol. The van der Waals surface area contributed by atoms with Crippen LogP contribution in [0.1, 0.15) is 12.8 Å². The van der Waals surface area contributed by atoms with Gasteiger partial charge in [0.1, 0.15) is 11.7 Å². The van der Waals surface area contributed by atoms with Gasteiger partial charge >= 0.3 is 12.1 Å². The maximum atomic E-state index is 12.3. The van der Waals surface area contributed by atoms with E-state index in [4.69, 9.17) is 4.74 Å². The number of sulfonamides is 1. The molecular formula is C13H15F3N2O5S2. The Labute approximate surface area is 145 Å². The highest BCUT2D eigenvalue weighted by Crippen LogP contribution is 2.53. The molecule has 25 heavy (non-hydrogen) atoms. The number of esters is 1. The largest absolute Gasteiger partial charge is 0.459 e. The lowest BCUT2D eigenvalue weighted by molar-refractivity contribution is -0.150. The molecule has 3 heterocycles. The maximum Gasteiger partial charge on any atom is 0.421 e. The van der Waals surface area contributed by atoms with Crippen molar-refractivity contribution in [3.05, 3.63) is 12.2 Å². The lowest BCUT2D eigenvalue weighted by atomic mass is 9.93. The van der Waals surface area contributed by atoms with Crippen LogP contribution in [0.4, 0.5) is 13.2 Å². The second kappa shape index (κ2) is 6.16. The molecule has 3 saturated heterocycles. The van der Waals surface area contributed by atoms with Crippen molar-refractivity contribution in [3.63, 3.8) is 0 Å². The standard InChI is InChI=1S/C13H15F3N2O5S2/c1-5(13(14,15)16)12(20)17-3-2-8(19)23-10-6-4-7-11(24-6)9(10)18-25(7,21)22/h6-7,9-11,18H,1-4H2,(H,17,20). The fraction of sp³-hybridized carbons (Fsp3) is 0.692. The number of fused-ring (bicyclic) bond motifs is 1. The summed E-state index contributed by atoms with van der Waals surface area (Å²) in [7, 11) is -3.39. The minimum Gasteiger partial charge on any atom is -0.459 e. The Morgan fingerprint density at radius 1 is 1.36 bits per heavy atom. The van der Waals surface area contributed by atoms with Gasteiger partial charge < -0.3 is 10.1 Å². The molecule has 5 atom stereocenters. The van der Waals surface area contributed by atoms with Crippen molar-refractivity contribution in [3.8, 4) is 0 Å². The number of hydrogen-bond acceptors (Lipinski definition) is 6. The van der Waals surface area contributed by atoms with Gasteiger partial charge in [0.15, 0.2) is 0 Å². The van der Waals surface area contributed by atoms with Gasteiger partial charge in [0, 0.05) is 17.0 Å². The van der Waals surface area contributed by atoms with Gasteiger partial charge in [-0.2, -0.15) is 13.2 Å². The van der Waals surface area contributed by atoms with Crippen LogP contribution in [0.25, 0.3) is 0 Å². The topological polar surface area (TPSA) is 102 Å². The first-order valence-electron chi connectivity index (χ1n) is 7.41. The van der Waals surface area contributed by atoms with E-state index in [9.17, 15) is 31.2 Å². The Kier molecular flexibility index (Phi) is 4.57. The summed E-state index contributed by atoms with van der Waals surface area (Å²) in [5.74, 6) is -2.11. The number of halogens is 3. The van der Waals surface area contributed by atoms with Crippen LogP contribution >= 0.6 is 11.8 Å². The number of carbonyl (C=O) groups is 2. The molecule has 0 radical (unpaired) electrons. The number of ether oxygens (including phenoxy) is 1. The first-order valence-corrected chi connectivity index (χ1v) is 9.90. The molecule has 3 aliphatic heterocycles. The Morgan fingerprint density at radius 3 is 2.68 bits per heavy atom. The molecule has 7 nitrogen and oxygen atoms in total. The van der Waals surface area contributed by atoms with E-state index in [2.05, 4.69) is 11.3 Å². The summed E-state index contributed by atoms with van der Waals surface area (Å²) in [4.78, 5) is 23.1. The molecule has 3 fully saturated rings. The molecule has 140 valence electrons. The summed E-state index contributed by atoms with van der Waals surface area (Å²) >= 11 is 1.47. The van der Waals surface area contributed by atoms with E-state index in [0.717, 1.165) is 0 Å². The van der Waals surface area contributed by atoms with Crippen LogP contribution in [-0.4, -0.2) is 60.9 Å². The van der Waals surface area contributed by atoms with Crippen molar-refractivity contribution in [2.45, 2.75) is 46.9 Å². The number of thioether (sulfide) groups is 1. The van der Waals surface area contributed by atoms with Crippen LogP contribution in [0.5, 0.6) is 0 Å². The van der Waals surface area contributed by atoms with Gasteiger partial charge in [-0.15, -0.1) is 11.8 Å². The Hall–Kier alpha value is -1.27. The molecule has 1 amide bonds. The summed E-state index contributed by atoms with van der Waals surface area (Å²) in [5.41, 5.74) is -1.54. The van der Waals surface area contributed by atoms with Gasteiger partial charge in [-0.25, -0.2) is 13.1 Å². The number of alkyl halides is 3. The second-order valence-corrected chi connectivity index (χ2v) is 9.39. The SMILES string of the molecule is C=C(C(=O)NCCC(=O)OC1C2CC3C(S2)C1NS3(=O)=O)C(F)(F)F. The number of nitrogens with one attached hydrogen (secondary N) is 2. The van der Waals surface area contributed by atoms with E-state index < -0.39 is 51.0 Å². The van der Waals surface area contributed by atoms with E-state index in [1.807, 2.05) is 5.32 Å². The van der Waals surface area contributed by atoms with E-state index in [0.29, 0.717) is 6.42 Å². The fourth-order valence-corrected chi connectivity index (χ4v) is 7.68. The van der Waals surface area contributed by atoms with Gasteiger partial charge in [0.2, 0.25) is 10.0 Å². The van der Waals surface area contributed by atoms with Gasteiger partial charge in [-0.1, -0.05) is 6.58 Å². The average Bonchev–Trinajstić information content (AvgIpc) is 3.09. The molecule has 12 heteroatoms. The van der Waals surface area contributed by atoms with Crippen LogP contribution in [-0.2, 0) is 24.3 Å². The summed E-state index contributed by atoms with van der Waals surface area (Å²) in [6.07, 6.45) is -5.35. The molecule has 0 saturated carbocycles. The zero-order chi connectivity index (χ0) is 18.6. The van der Waals surface area contributed by atoms with Gasteiger partial charge in [-0.3, -0.25) is 9.59 Å². The van der Waals surface area contributed by atoms with Gasteiger partial charge in [-0.05, 0) is 6.42 Å². The monoisotopic (exact) mass is 400 g/mol. The summed E-state index contributed by atoms with van der Waals surface area (Å²) < 4.78 is 68.4. The van der Waals surface area contributed by atoms with Crippen LogP contribution in [0.15, 0.2) is 12.2 Å². The number of rotatable bonds is 5. The molecule has 3 rings (SSSR count). The van der Waals surface area contributed by atoms with Crippen molar-refractivity contribution in [2.24, 2.45) is 0 Å². The highest BCUT2D eigenvalue weighted by Gasteiger charge is 2.64. The molecule has 5 unspecified atom stereocenters. The molecule has 0 aliphatic carbocycles. The van der Waals surface area contributed by atoms with E-state index in [-0.39, 0.29) is 23.5 Å². The molecule has 0 aromatic heterocycles. The number of hydrogen-bond donors (Lipinski definition) is 2. The molecular weight excluding hydrogens is 385 g/mol. The van der Waals surface area contributed by atoms with Crippen molar-refractivity contribution in [1.82, 2.24) is 10.0 Å². The van der Waals surface area contributed by atoms with Crippen LogP contribution < -0.4 is 10.0 Å². The summed E-state index contributed by atoms with van der Waals surface area (Å²) in [6.45, 7) is 2.32. The molecule has 0 aromatic carbocycles. The van der Waals surface area contributed by atoms with Crippen molar-refractivity contribution in [2.75, 3.05) is 6.54 Å². The number of amides is 1. The lowest BCUT2D eigenvalue weighted by Crippen LogP contribution is -2.45. The van der Waals surface area contributed by atoms with Crippen molar-refractivity contribution in [1.29, 1.82) is 0 Å². The molecule has 2 N–H and O–H groups in total. The summed E-state index contributed by atoms with van der Waals surface area (Å²) in [6, 6.07) is -0.470.